The van der Waals surface area contributed by atoms with Crippen molar-refractivity contribution < 1.29 is 14.0 Å². The fourth-order valence-corrected chi connectivity index (χ4v) is 3.82. The molecule has 1 aromatic carbocycles. The van der Waals surface area contributed by atoms with Crippen LogP contribution in [-0.2, 0) is 6.54 Å². The lowest BCUT2D eigenvalue weighted by Gasteiger charge is -2.26. The first-order valence-corrected chi connectivity index (χ1v) is 10.4. The highest BCUT2D eigenvalue weighted by atomic mass is 32.2. The minimum Gasteiger partial charge on any atom is -0.485 e. The summed E-state index contributed by atoms with van der Waals surface area (Å²) in [5.74, 6) is 3.62. The lowest BCUT2D eigenvalue weighted by atomic mass is 10.2. The number of benzene rings is 1. The Hall–Kier alpha value is -2.81. The van der Waals surface area contributed by atoms with Gasteiger partial charge in [-0.3, -0.25) is 4.57 Å². The molecule has 0 radical (unpaired) electrons. The number of para-hydroxylation sites is 2. The van der Waals surface area contributed by atoms with Crippen LogP contribution in [0.25, 0.3) is 0 Å². The number of nitrogens with zero attached hydrogens (tertiary/aromatic N) is 5. The molecule has 0 bridgehead atoms. The van der Waals surface area contributed by atoms with E-state index in [-0.39, 0.29) is 17.3 Å². The molecule has 3 aromatic rings. The molecular formula is C20H23N5O3S. The third kappa shape index (κ3) is 4.00. The van der Waals surface area contributed by atoms with E-state index in [1.165, 1.54) is 11.8 Å². The molecule has 0 fully saturated rings. The monoisotopic (exact) mass is 413 g/mol. The third-order valence-corrected chi connectivity index (χ3v) is 5.53. The van der Waals surface area contributed by atoms with Crippen molar-refractivity contribution in [2.75, 3.05) is 6.61 Å². The summed E-state index contributed by atoms with van der Waals surface area (Å²) in [7, 11) is 0. The van der Waals surface area contributed by atoms with Crippen LogP contribution in [0.5, 0.6) is 11.5 Å². The molecule has 2 aromatic heterocycles. The topological polar surface area (TPSA) is 88.1 Å². The largest absolute Gasteiger partial charge is 0.485 e. The van der Waals surface area contributed by atoms with Crippen LogP contribution in [0.3, 0.4) is 0 Å². The predicted octanol–water partition coefficient (Wildman–Crippen LogP) is 4.34. The molecule has 0 spiro atoms. The van der Waals surface area contributed by atoms with Crippen molar-refractivity contribution in [3.8, 4) is 11.5 Å². The van der Waals surface area contributed by atoms with E-state index in [4.69, 9.17) is 14.0 Å². The molecule has 0 amide bonds. The number of hydrogen-bond acceptors (Lipinski definition) is 8. The Bertz CT molecular complexity index is 1000. The molecule has 8 nitrogen and oxygen atoms in total. The molecule has 0 saturated carbocycles. The van der Waals surface area contributed by atoms with E-state index in [1.54, 1.807) is 0 Å². The summed E-state index contributed by atoms with van der Waals surface area (Å²) in [4.78, 5) is 4.48. The number of aromatic nitrogens is 5. The SMILES string of the molecule is C=CCn1c(SC(C)c2nc(C(C)C)no2)nnc1C1COc2ccccc2O1. The standard InChI is InChI=1S/C20H23N5O3S/c1-5-10-25-18(16-11-26-14-8-6-7-9-15(14)27-16)22-23-20(25)29-13(4)19-21-17(12(2)3)24-28-19/h5-9,12-13,16H,1,10-11H2,2-4H3. The first kappa shape index (κ1) is 19.5. The molecular weight excluding hydrogens is 390 g/mol. The van der Waals surface area contributed by atoms with Crippen molar-refractivity contribution in [1.29, 1.82) is 0 Å². The van der Waals surface area contributed by atoms with Gasteiger partial charge in [0.2, 0.25) is 5.89 Å². The van der Waals surface area contributed by atoms with Crippen molar-refractivity contribution in [3.63, 3.8) is 0 Å². The normalized spacial score (nSPS) is 16.8. The molecule has 152 valence electrons. The Labute approximate surface area is 173 Å². The van der Waals surface area contributed by atoms with Gasteiger partial charge < -0.3 is 14.0 Å². The van der Waals surface area contributed by atoms with Crippen molar-refractivity contribution in [1.82, 2.24) is 24.9 Å². The van der Waals surface area contributed by atoms with Crippen molar-refractivity contribution in [3.05, 3.63) is 54.5 Å². The Morgan fingerprint density at radius 1 is 1.24 bits per heavy atom. The molecule has 0 N–H and O–H groups in total. The summed E-state index contributed by atoms with van der Waals surface area (Å²) < 4.78 is 19.3. The second kappa shape index (κ2) is 8.28. The summed E-state index contributed by atoms with van der Waals surface area (Å²) in [5.41, 5.74) is 0. The summed E-state index contributed by atoms with van der Waals surface area (Å²) in [6.45, 7) is 10.9. The van der Waals surface area contributed by atoms with Gasteiger partial charge in [0.05, 0.1) is 5.25 Å². The Morgan fingerprint density at radius 3 is 2.76 bits per heavy atom. The lowest BCUT2D eigenvalue weighted by molar-refractivity contribution is 0.0821. The van der Waals surface area contributed by atoms with Gasteiger partial charge in [-0.05, 0) is 19.1 Å². The third-order valence-electron chi connectivity index (χ3n) is 4.46. The van der Waals surface area contributed by atoms with Gasteiger partial charge in [-0.15, -0.1) is 16.8 Å². The van der Waals surface area contributed by atoms with Crippen LogP contribution in [0.15, 0.2) is 46.6 Å². The average molecular weight is 414 g/mol. The van der Waals surface area contributed by atoms with Crippen LogP contribution in [0, 0.1) is 0 Å². The van der Waals surface area contributed by atoms with Gasteiger partial charge in [0.25, 0.3) is 0 Å². The van der Waals surface area contributed by atoms with Crippen LogP contribution in [0.1, 0.15) is 55.6 Å². The van der Waals surface area contributed by atoms with Gasteiger partial charge in [-0.2, -0.15) is 4.98 Å². The molecule has 2 unspecified atom stereocenters. The molecule has 9 heteroatoms. The van der Waals surface area contributed by atoms with Crippen LogP contribution in [0.2, 0.25) is 0 Å². The predicted molar refractivity (Wildman–Crippen MR) is 108 cm³/mol. The van der Waals surface area contributed by atoms with Crippen molar-refractivity contribution >= 4 is 11.8 Å². The summed E-state index contributed by atoms with van der Waals surface area (Å²) in [6, 6.07) is 7.60. The molecule has 0 aliphatic carbocycles. The Kier molecular flexibility index (Phi) is 5.57. The fourth-order valence-electron chi connectivity index (χ4n) is 2.93. The van der Waals surface area contributed by atoms with E-state index in [2.05, 4.69) is 26.9 Å². The summed E-state index contributed by atoms with van der Waals surface area (Å²) in [5, 5.41) is 13.5. The van der Waals surface area contributed by atoms with Crippen molar-refractivity contribution in [2.24, 2.45) is 0 Å². The number of ether oxygens (including phenoxy) is 2. The van der Waals surface area contributed by atoms with Gasteiger partial charge in [0.15, 0.2) is 34.4 Å². The average Bonchev–Trinajstić information content (AvgIpc) is 3.36. The van der Waals surface area contributed by atoms with Gasteiger partial charge >= 0.3 is 0 Å². The highest BCUT2D eigenvalue weighted by molar-refractivity contribution is 7.99. The van der Waals surface area contributed by atoms with Crippen molar-refractivity contribution in [2.45, 2.75) is 49.7 Å². The van der Waals surface area contributed by atoms with Crippen LogP contribution < -0.4 is 9.47 Å². The van der Waals surface area contributed by atoms with E-state index >= 15 is 0 Å². The van der Waals surface area contributed by atoms with Gasteiger partial charge in [-0.25, -0.2) is 0 Å². The van der Waals surface area contributed by atoms with E-state index in [9.17, 15) is 0 Å². The Balaban J connectivity index is 1.56. The first-order valence-electron chi connectivity index (χ1n) is 9.49. The summed E-state index contributed by atoms with van der Waals surface area (Å²) in [6.07, 6.45) is 1.46. The quantitative estimate of drug-likeness (QED) is 0.418. The molecule has 0 saturated heterocycles. The molecule has 29 heavy (non-hydrogen) atoms. The number of hydrogen-bond donors (Lipinski definition) is 0. The second-order valence-corrected chi connectivity index (χ2v) is 8.32. The molecule has 3 heterocycles. The van der Waals surface area contributed by atoms with Crippen LogP contribution >= 0.6 is 11.8 Å². The highest BCUT2D eigenvalue weighted by Crippen LogP contribution is 2.38. The number of allylic oxidation sites excluding steroid dienone is 1. The molecule has 1 aliphatic rings. The van der Waals surface area contributed by atoms with E-state index in [0.717, 1.165) is 10.9 Å². The fraction of sp³-hybridized carbons (Fsp3) is 0.400. The number of rotatable bonds is 7. The van der Waals surface area contributed by atoms with Gasteiger partial charge in [0, 0.05) is 12.5 Å². The maximum atomic E-state index is 6.10. The van der Waals surface area contributed by atoms with Crippen LogP contribution in [-0.4, -0.2) is 31.5 Å². The van der Waals surface area contributed by atoms with E-state index in [0.29, 0.717) is 36.4 Å². The Morgan fingerprint density at radius 2 is 2.03 bits per heavy atom. The maximum absolute atomic E-state index is 6.10. The minimum atomic E-state index is -0.349. The minimum absolute atomic E-state index is 0.0696. The van der Waals surface area contributed by atoms with Gasteiger partial charge in [0.1, 0.15) is 6.61 Å². The zero-order valence-corrected chi connectivity index (χ0v) is 17.4. The van der Waals surface area contributed by atoms with Gasteiger partial charge in [-0.1, -0.05) is 49.0 Å². The maximum Gasteiger partial charge on any atom is 0.239 e. The summed E-state index contributed by atoms with van der Waals surface area (Å²) >= 11 is 1.51. The zero-order chi connectivity index (χ0) is 20.4. The lowest BCUT2D eigenvalue weighted by Crippen LogP contribution is -2.25. The number of fused-ring (bicyclic) bond motifs is 1. The first-order chi connectivity index (χ1) is 14.1. The molecule has 2 atom stereocenters. The smallest absolute Gasteiger partial charge is 0.239 e. The molecule has 1 aliphatic heterocycles. The van der Waals surface area contributed by atoms with Crippen LogP contribution in [0.4, 0.5) is 0 Å². The molecule has 4 rings (SSSR count). The zero-order valence-electron chi connectivity index (χ0n) is 16.6. The number of thioether (sulfide) groups is 1. The van der Waals surface area contributed by atoms with E-state index in [1.807, 2.05) is 55.7 Å². The van der Waals surface area contributed by atoms with E-state index < -0.39 is 0 Å². The second-order valence-electron chi connectivity index (χ2n) is 7.01. The highest BCUT2D eigenvalue weighted by Gasteiger charge is 2.29.